The van der Waals surface area contributed by atoms with Crippen molar-refractivity contribution in [1.29, 1.82) is 5.26 Å². The Labute approximate surface area is 228 Å². The van der Waals surface area contributed by atoms with Crippen LogP contribution in [0, 0.1) is 11.3 Å². The molecule has 41 heavy (non-hydrogen) atoms. The number of aryl methyl sites for hydroxylation is 2. The lowest BCUT2D eigenvalue weighted by atomic mass is 10.2. The minimum Gasteiger partial charge on any atom is -0.454 e. The fourth-order valence-electron chi connectivity index (χ4n) is 3.38. The molecule has 216 valence electrons. The second-order valence-corrected chi connectivity index (χ2v) is 8.96. The molecule has 0 aliphatic carbocycles. The van der Waals surface area contributed by atoms with Gasteiger partial charge in [0.1, 0.15) is 34.4 Å². The zero-order chi connectivity index (χ0) is 30.7. The number of hydrogen-bond acceptors (Lipinski definition) is 10. The third-order valence-corrected chi connectivity index (χ3v) is 5.00. The topological polar surface area (TPSA) is 214 Å². The standard InChI is InChI=1S/C22H17F3N8O3.H2O4S/c1-11(34)29-17-7-13(4-5-27-17)36-16-9-28-19-18(14(16)8-26)33(3)21(31-19)30-15-6-12(22(23,24)25)10-32(2)20(15)35;1-5(2,3)4/h4-7,9-10H,1-3H3,(H,27,29,34)(H,28,30,31);(H2,1,2,3,4). The first-order valence-electron chi connectivity index (χ1n) is 10.9. The van der Waals surface area contributed by atoms with Gasteiger partial charge in [0.15, 0.2) is 11.4 Å². The van der Waals surface area contributed by atoms with E-state index in [2.05, 4.69) is 25.6 Å². The van der Waals surface area contributed by atoms with Crippen LogP contribution in [0.25, 0.3) is 11.2 Å². The molecule has 19 heteroatoms. The highest BCUT2D eigenvalue weighted by molar-refractivity contribution is 7.79. The Morgan fingerprint density at radius 3 is 2.44 bits per heavy atom. The number of carbonyl (C=O) groups excluding carboxylic acids is 1. The molecule has 0 aromatic carbocycles. The lowest BCUT2D eigenvalue weighted by Gasteiger charge is -2.12. The van der Waals surface area contributed by atoms with E-state index in [9.17, 15) is 28.0 Å². The van der Waals surface area contributed by atoms with E-state index < -0.39 is 27.7 Å². The Morgan fingerprint density at radius 1 is 1.20 bits per heavy atom. The van der Waals surface area contributed by atoms with Gasteiger partial charge >= 0.3 is 16.6 Å². The fourth-order valence-corrected chi connectivity index (χ4v) is 3.38. The van der Waals surface area contributed by atoms with Crippen LogP contribution in [0.5, 0.6) is 11.5 Å². The van der Waals surface area contributed by atoms with Gasteiger partial charge in [-0.15, -0.1) is 0 Å². The van der Waals surface area contributed by atoms with E-state index in [1.807, 2.05) is 6.07 Å². The number of nitrogens with one attached hydrogen (secondary N) is 2. The number of aromatic nitrogens is 5. The summed E-state index contributed by atoms with van der Waals surface area (Å²) in [5, 5.41) is 15.0. The largest absolute Gasteiger partial charge is 0.454 e. The van der Waals surface area contributed by atoms with Crippen molar-refractivity contribution in [3.05, 3.63) is 58.3 Å². The van der Waals surface area contributed by atoms with Crippen LogP contribution in [0.3, 0.4) is 0 Å². The highest BCUT2D eigenvalue weighted by atomic mass is 32.3. The molecule has 4 rings (SSSR count). The molecule has 0 spiro atoms. The van der Waals surface area contributed by atoms with E-state index in [1.54, 1.807) is 0 Å². The Hall–Kier alpha value is -5.06. The number of hydrogen-bond donors (Lipinski definition) is 4. The highest BCUT2D eigenvalue weighted by Crippen LogP contribution is 2.33. The molecule has 0 aliphatic heterocycles. The maximum atomic E-state index is 13.2. The number of ether oxygens (including phenoxy) is 1. The number of pyridine rings is 3. The van der Waals surface area contributed by atoms with Gasteiger partial charge in [-0.3, -0.25) is 18.7 Å². The van der Waals surface area contributed by atoms with Crippen molar-refractivity contribution in [3.63, 3.8) is 0 Å². The number of rotatable bonds is 5. The summed E-state index contributed by atoms with van der Waals surface area (Å²) in [5.74, 6) is 0.224. The van der Waals surface area contributed by atoms with Crippen molar-refractivity contribution in [2.24, 2.45) is 14.1 Å². The van der Waals surface area contributed by atoms with E-state index >= 15 is 0 Å². The SMILES string of the molecule is CC(=O)Nc1cc(Oc2cnc3nc(Nc4cc(C(F)(F)F)cn(C)c4=O)n(C)c3c2C#N)ccn1.O=S(=O)(O)O. The Balaban J connectivity index is 0.000000850. The van der Waals surface area contributed by atoms with E-state index in [0.717, 1.165) is 4.57 Å². The van der Waals surface area contributed by atoms with Crippen molar-refractivity contribution >= 4 is 44.9 Å². The number of halogens is 3. The van der Waals surface area contributed by atoms with E-state index in [-0.39, 0.29) is 51.6 Å². The summed E-state index contributed by atoms with van der Waals surface area (Å²) in [5.41, 5.74) is -1.73. The number of anilines is 3. The number of alkyl halides is 3. The maximum Gasteiger partial charge on any atom is 0.417 e. The summed E-state index contributed by atoms with van der Waals surface area (Å²) in [6, 6.07) is 5.67. The number of nitriles is 1. The Morgan fingerprint density at radius 2 is 1.85 bits per heavy atom. The number of carbonyl (C=O) groups is 1. The first-order valence-corrected chi connectivity index (χ1v) is 12.3. The van der Waals surface area contributed by atoms with Gasteiger partial charge in [0, 0.05) is 39.5 Å². The molecule has 0 radical (unpaired) electrons. The van der Waals surface area contributed by atoms with Gasteiger partial charge < -0.3 is 24.5 Å². The monoisotopic (exact) mass is 596 g/mol. The quantitative estimate of drug-likeness (QED) is 0.245. The lowest BCUT2D eigenvalue weighted by Crippen LogP contribution is -2.23. The minimum absolute atomic E-state index is 0.0144. The summed E-state index contributed by atoms with van der Waals surface area (Å²) in [7, 11) is -1.96. The third-order valence-electron chi connectivity index (χ3n) is 5.00. The van der Waals surface area contributed by atoms with Gasteiger partial charge in [0.25, 0.3) is 5.56 Å². The van der Waals surface area contributed by atoms with E-state index in [1.165, 1.54) is 50.1 Å². The van der Waals surface area contributed by atoms with Gasteiger partial charge in [-0.1, -0.05) is 0 Å². The zero-order valence-corrected chi connectivity index (χ0v) is 21.9. The molecule has 1 amide bonds. The summed E-state index contributed by atoms with van der Waals surface area (Å²) in [6.07, 6.45) is -1.31. The zero-order valence-electron chi connectivity index (χ0n) is 21.1. The van der Waals surface area contributed by atoms with Crippen molar-refractivity contribution in [3.8, 4) is 17.6 Å². The molecule has 4 aromatic heterocycles. The van der Waals surface area contributed by atoms with Crippen molar-refractivity contribution < 1.29 is 40.2 Å². The Kier molecular flexibility index (Phi) is 8.61. The molecule has 4 aromatic rings. The van der Waals surface area contributed by atoms with Crippen LogP contribution in [0.1, 0.15) is 18.1 Å². The van der Waals surface area contributed by atoms with Crippen LogP contribution < -0.4 is 20.9 Å². The second kappa shape index (κ2) is 11.6. The average Bonchev–Trinajstić information content (AvgIpc) is 3.15. The van der Waals surface area contributed by atoms with E-state index in [4.69, 9.17) is 22.3 Å². The van der Waals surface area contributed by atoms with Crippen LogP contribution in [0.15, 0.2) is 41.6 Å². The number of amides is 1. The van der Waals surface area contributed by atoms with Crippen LogP contribution in [-0.4, -0.2) is 47.5 Å². The van der Waals surface area contributed by atoms with Crippen LogP contribution in [0.2, 0.25) is 0 Å². The Bertz CT molecular complexity index is 1840. The number of fused-ring (bicyclic) bond motifs is 1. The summed E-state index contributed by atoms with van der Waals surface area (Å²) in [4.78, 5) is 36.1. The molecular formula is C22H19F3N8O7S. The molecule has 4 N–H and O–H groups in total. The molecule has 0 saturated carbocycles. The van der Waals surface area contributed by atoms with E-state index in [0.29, 0.717) is 12.3 Å². The van der Waals surface area contributed by atoms with Crippen LogP contribution in [0.4, 0.5) is 30.6 Å². The second-order valence-electron chi connectivity index (χ2n) is 8.07. The first kappa shape index (κ1) is 30.5. The average molecular weight is 597 g/mol. The van der Waals surface area contributed by atoms with Crippen molar-refractivity contribution in [1.82, 2.24) is 24.1 Å². The summed E-state index contributed by atoms with van der Waals surface area (Å²) in [6.45, 7) is 1.32. The molecular weight excluding hydrogens is 577 g/mol. The van der Waals surface area contributed by atoms with Gasteiger partial charge in [-0.05, 0) is 12.1 Å². The van der Waals surface area contributed by atoms with Crippen LogP contribution >= 0.6 is 0 Å². The molecule has 0 fully saturated rings. The third kappa shape index (κ3) is 7.75. The fraction of sp³-hybridized carbons (Fsp3) is 0.182. The highest BCUT2D eigenvalue weighted by Gasteiger charge is 2.32. The van der Waals surface area contributed by atoms with Crippen LogP contribution in [-0.2, 0) is 35.5 Å². The molecule has 0 saturated heterocycles. The van der Waals surface area contributed by atoms with Gasteiger partial charge in [-0.25, -0.2) is 9.97 Å². The minimum atomic E-state index is -4.67. The maximum absolute atomic E-state index is 13.2. The molecule has 15 nitrogen and oxygen atoms in total. The predicted octanol–water partition coefficient (Wildman–Crippen LogP) is 2.79. The molecule has 0 unspecified atom stereocenters. The smallest absolute Gasteiger partial charge is 0.417 e. The van der Waals surface area contributed by atoms with Gasteiger partial charge in [0.2, 0.25) is 11.9 Å². The number of imidazole rings is 1. The summed E-state index contributed by atoms with van der Waals surface area (Å²) < 4.78 is 79.2. The van der Waals surface area contributed by atoms with Gasteiger partial charge in [0.05, 0.1) is 11.8 Å². The molecule has 0 aliphatic rings. The molecule has 4 heterocycles. The summed E-state index contributed by atoms with van der Waals surface area (Å²) >= 11 is 0. The predicted molar refractivity (Wildman–Crippen MR) is 136 cm³/mol. The lowest BCUT2D eigenvalue weighted by molar-refractivity contribution is -0.138. The van der Waals surface area contributed by atoms with Crippen molar-refractivity contribution in [2.45, 2.75) is 13.1 Å². The number of nitrogens with zero attached hydrogens (tertiary/aromatic N) is 6. The van der Waals surface area contributed by atoms with Crippen molar-refractivity contribution in [2.75, 3.05) is 10.6 Å². The molecule has 0 atom stereocenters. The normalized spacial score (nSPS) is 11.3. The first-order chi connectivity index (χ1) is 19.0. The van der Waals surface area contributed by atoms with Gasteiger partial charge in [-0.2, -0.15) is 31.8 Å². The molecule has 0 bridgehead atoms.